The predicted octanol–water partition coefficient (Wildman–Crippen LogP) is 3.46. The Bertz CT molecular complexity index is 439. The standard InChI is InChI=1S/C16H23NO3/c1-16(2,3)20-15(18)17-11-7-8-13(17)12-19-14-9-5-4-6-10-14/h4-6,9-10,13H,7-8,11-12H2,1-3H3. The minimum absolute atomic E-state index is 0.102. The Labute approximate surface area is 120 Å². The maximum Gasteiger partial charge on any atom is 0.410 e. The highest BCUT2D eigenvalue weighted by Crippen LogP contribution is 2.22. The molecular formula is C16H23NO3. The summed E-state index contributed by atoms with van der Waals surface area (Å²) in [4.78, 5) is 13.9. The number of likely N-dealkylation sites (tertiary alicyclic amines) is 1. The molecule has 1 heterocycles. The third-order valence-corrected chi connectivity index (χ3v) is 3.19. The summed E-state index contributed by atoms with van der Waals surface area (Å²) in [6.45, 7) is 6.92. The monoisotopic (exact) mass is 277 g/mol. The zero-order valence-corrected chi connectivity index (χ0v) is 12.5. The van der Waals surface area contributed by atoms with Gasteiger partial charge in [0, 0.05) is 6.54 Å². The summed E-state index contributed by atoms with van der Waals surface area (Å²) in [5.41, 5.74) is -0.454. The van der Waals surface area contributed by atoms with Crippen molar-refractivity contribution < 1.29 is 14.3 Å². The van der Waals surface area contributed by atoms with Crippen LogP contribution >= 0.6 is 0 Å². The largest absolute Gasteiger partial charge is 0.491 e. The smallest absolute Gasteiger partial charge is 0.410 e. The Kier molecular flexibility index (Phi) is 4.53. The lowest BCUT2D eigenvalue weighted by Crippen LogP contribution is -2.42. The Morgan fingerprint density at radius 2 is 2.00 bits per heavy atom. The molecule has 4 heteroatoms. The molecule has 0 N–H and O–H groups in total. The molecule has 2 rings (SSSR count). The second kappa shape index (κ2) is 6.16. The molecule has 1 saturated heterocycles. The summed E-state index contributed by atoms with van der Waals surface area (Å²) in [6.07, 6.45) is 1.73. The Morgan fingerprint density at radius 3 is 2.65 bits per heavy atom. The number of amides is 1. The summed E-state index contributed by atoms with van der Waals surface area (Å²) < 4.78 is 11.2. The van der Waals surface area contributed by atoms with Gasteiger partial charge in [0.2, 0.25) is 0 Å². The first-order valence-electron chi connectivity index (χ1n) is 7.13. The molecule has 4 nitrogen and oxygen atoms in total. The van der Waals surface area contributed by atoms with Crippen molar-refractivity contribution in [3.63, 3.8) is 0 Å². The van der Waals surface area contributed by atoms with Crippen LogP contribution in [0.4, 0.5) is 4.79 Å². The summed E-state index contributed by atoms with van der Waals surface area (Å²) in [6, 6.07) is 9.78. The first kappa shape index (κ1) is 14.7. The van der Waals surface area contributed by atoms with Gasteiger partial charge >= 0.3 is 6.09 Å². The van der Waals surface area contributed by atoms with Gasteiger partial charge in [0.1, 0.15) is 18.0 Å². The van der Waals surface area contributed by atoms with Crippen molar-refractivity contribution in [2.24, 2.45) is 0 Å². The highest BCUT2D eigenvalue weighted by molar-refractivity contribution is 5.69. The molecule has 0 radical (unpaired) electrons. The van der Waals surface area contributed by atoms with Crippen LogP contribution < -0.4 is 4.74 Å². The van der Waals surface area contributed by atoms with Crippen LogP contribution in [0.25, 0.3) is 0 Å². The van der Waals surface area contributed by atoms with E-state index < -0.39 is 5.60 Å². The normalized spacial score (nSPS) is 18.9. The van der Waals surface area contributed by atoms with Gasteiger partial charge < -0.3 is 14.4 Å². The highest BCUT2D eigenvalue weighted by Gasteiger charge is 2.32. The van der Waals surface area contributed by atoms with E-state index in [0.29, 0.717) is 6.61 Å². The number of para-hydroxylation sites is 1. The van der Waals surface area contributed by atoms with E-state index in [1.807, 2.05) is 51.1 Å². The van der Waals surface area contributed by atoms with E-state index in [1.165, 1.54) is 0 Å². The molecule has 1 aromatic rings. The van der Waals surface area contributed by atoms with Crippen molar-refractivity contribution in [3.05, 3.63) is 30.3 Å². The number of hydrogen-bond acceptors (Lipinski definition) is 3. The summed E-state index contributed by atoms with van der Waals surface area (Å²) >= 11 is 0. The van der Waals surface area contributed by atoms with Crippen LogP contribution in [0.5, 0.6) is 5.75 Å². The molecule has 110 valence electrons. The topological polar surface area (TPSA) is 38.8 Å². The predicted molar refractivity (Wildman–Crippen MR) is 77.9 cm³/mol. The lowest BCUT2D eigenvalue weighted by atomic mass is 10.2. The van der Waals surface area contributed by atoms with E-state index in [-0.39, 0.29) is 12.1 Å². The van der Waals surface area contributed by atoms with Gasteiger partial charge in [0.25, 0.3) is 0 Å². The first-order chi connectivity index (χ1) is 9.46. The molecule has 1 aromatic carbocycles. The van der Waals surface area contributed by atoms with Crippen LogP contribution in [0.2, 0.25) is 0 Å². The molecule has 0 bridgehead atoms. The lowest BCUT2D eigenvalue weighted by Gasteiger charge is -2.28. The average molecular weight is 277 g/mol. The van der Waals surface area contributed by atoms with E-state index in [9.17, 15) is 4.79 Å². The summed E-state index contributed by atoms with van der Waals surface area (Å²) in [7, 11) is 0. The molecule has 1 fully saturated rings. The van der Waals surface area contributed by atoms with Crippen LogP contribution in [-0.2, 0) is 4.74 Å². The molecule has 0 aromatic heterocycles. The number of ether oxygens (including phenoxy) is 2. The maximum absolute atomic E-state index is 12.1. The lowest BCUT2D eigenvalue weighted by molar-refractivity contribution is 0.0187. The highest BCUT2D eigenvalue weighted by atomic mass is 16.6. The van der Waals surface area contributed by atoms with E-state index in [1.54, 1.807) is 4.90 Å². The number of carbonyl (C=O) groups excluding carboxylic acids is 1. The Balaban J connectivity index is 1.89. The number of nitrogens with zero attached hydrogens (tertiary/aromatic N) is 1. The average Bonchev–Trinajstić information content (AvgIpc) is 2.84. The van der Waals surface area contributed by atoms with Gasteiger partial charge in [0.05, 0.1) is 6.04 Å². The van der Waals surface area contributed by atoms with E-state index in [4.69, 9.17) is 9.47 Å². The van der Waals surface area contributed by atoms with Crippen molar-refractivity contribution in [1.82, 2.24) is 4.90 Å². The number of rotatable bonds is 3. The molecule has 0 aliphatic carbocycles. The van der Waals surface area contributed by atoms with Crippen molar-refractivity contribution in [3.8, 4) is 5.75 Å². The molecule has 20 heavy (non-hydrogen) atoms. The van der Waals surface area contributed by atoms with E-state index in [2.05, 4.69) is 0 Å². The van der Waals surface area contributed by atoms with Gasteiger partial charge in [-0.1, -0.05) is 18.2 Å². The van der Waals surface area contributed by atoms with Gasteiger partial charge in [-0.05, 0) is 45.7 Å². The third kappa shape index (κ3) is 4.15. The molecule has 1 unspecified atom stereocenters. The van der Waals surface area contributed by atoms with Crippen LogP contribution in [-0.4, -0.2) is 35.8 Å². The van der Waals surface area contributed by atoms with Crippen LogP contribution in [0.1, 0.15) is 33.6 Å². The van der Waals surface area contributed by atoms with Crippen LogP contribution in [0.3, 0.4) is 0 Å². The van der Waals surface area contributed by atoms with Gasteiger partial charge in [-0.3, -0.25) is 0 Å². The van der Waals surface area contributed by atoms with E-state index in [0.717, 1.165) is 25.1 Å². The Morgan fingerprint density at radius 1 is 1.30 bits per heavy atom. The summed E-state index contributed by atoms with van der Waals surface area (Å²) in [5.74, 6) is 0.837. The quantitative estimate of drug-likeness (QED) is 0.849. The van der Waals surface area contributed by atoms with Crippen molar-refractivity contribution in [2.75, 3.05) is 13.2 Å². The molecule has 1 aliphatic heterocycles. The minimum Gasteiger partial charge on any atom is -0.491 e. The molecule has 0 spiro atoms. The molecule has 0 saturated carbocycles. The van der Waals surface area contributed by atoms with Gasteiger partial charge in [0.15, 0.2) is 0 Å². The minimum atomic E-state index is -0.454. The third-order valence-electron chi connectivity index (χ3n) is 3.19. The second-order valence-electron chi connectivity index (χ2n) is 6.09. The zero-order valence-electron chi connectivity index (χ0n) is 12.5. The molecule has 1 aliphatic rings. The van der Waals surface area contributed by atoms with E-state index >= 15 is 0 Å². The molecular weight excluding hydrogens is 254 g/mol. The number of benzene rings is 1. The van der Waals surface area contributed by atoms with Gasteiger partial charge in [-0.2, -0.15) is 0 Å². The SMILES string of the molecule is CC(C)(C)OC(=O)N1CCCC1COc1ccccc1. The summed E-state index contributed by atoms with van der Waals surface area (Å²) in [5, 5.41) is 0. The zero-order chi connectivity index (χ0) is 14.6. The van der Waals surface area contributed by atoms with Gasteiger partial charge in [-0.25, -0.2) is 4.79 Å². The van der Waals surface area contributed by atoms with Gasteiger partial charge in [-0.15, -0.1) is 0 Å². The van der Waals surface area contributed by atoms with Crippen LogP contribution in [0.15, 0.2) is 30.3 Å². The number of carbonyl (C=O) groups is 1. The van der Waals surface area contributed by atoms with Crippen LogP contribution in [0, 0.1) is 0 Å². The van der Waals surface area contributed by atoms with Crippen molar-refractivity contribution in [1.29, 1.82) is 0 Å². The Hall–Kier alpha value is -1.71. The first-order valence-corrected chi connectivity index (χ1v) is 7.13. The fourth-order valence-corrected chi connectivity index (χ4v) is 2.28. The fraction of sp³-hybridized carbons (Fsp3) is 0.562. The fourth-order valence-electron chi connectivity index (χ4n) is 2.28. The second-order valence-corrected chi connectivity index (χ2v) is 6.09. The maximum atomic E-state index is 12.1. The number of hydrogen-bond donors (Lipinski definition) is 0. The molecule has 1 amide bonds. The van der Waals surface area contributed by atoms with Crippen molar-refractivity contribution >= 4 is 6.09 Å². The molecule has 1 atom stereocenters. The van der Waals surface area contributed by atoms with Crippen molar-refractivity contribution in [2.45, 2.75) is 45.3 Å².